The lowest BCUT2D eigenvalue weighted by atomic mass is 10.1. The first-order valence-electron chi connectivity index (χ1n) is 8.25. The molecule has 0 radical (unpaired) electrons. The Morgan fingerprint density at radius 3 is 2.65 bits per heavy atom. The third-order valence-corrected chi connectivity index (χ3v) is 4.99. The van der Waals surface area contributed by atoms with Crippen molar-refractivity contribution in [2.75, 3.05) is 11.1 Å². The summed E-state index contributed by atoms with van der Waals surface area (Å²) >= 11 is 7.30. The molecule has 3 aromatic rings. The highest BCUT2D eigenvalue weighted by Gasteiger charge is 2.14. The van der Waals surface area contributed by atoms with Crippen LogP contribution >= 0.6 is 23.4 Å². The quantitative estimate of drug-likeness (QED) is 0.626. The third-order valence-electron chi connectivity index (χ3n) is 3.78. The molecule has 0 fully saturated rings. The minimum atomic E-state index is -0.111. The van der Waals surface area contributed by atoms with E-state index in [0.29, 0.717) is 10.7 Å². The predicted molar refractivity (Wildman–Crippen MR) is 107 cm³/mol. The SMILES string of the molecule is CCn1c(SCC(=O)Nc2cccc(Cl)c2)nnc1-c1ccc(C)cc1. The summed E-state index contributed by atoms with van der Waals surface area (Å²) in [6.07, 6.45) is 0. The molecule has 7 heteroatoms. The van der Waals surface area contributed by atoms with Crippen molar-refractivity contribution in [3.05, 3.63) is 59.1 Å². The van der Waals surface area contributed by atoms with E-state index in [1.807, 2.05) is 30.5 Å². The fraction of sp³-hybridized carbons (Fsp3) is 0.211. The minimum absolute atomic E-state index is 0.111. The first-order valence-corrected chi connectivity index (χ1v) is 9.61. The Bertz CT molecular complexity index is 908. The molecule has 1 aromatic heterocycles. The number of anilines is 1. The number of halogens is 1. The van der Waals surface area contributed by atoms with Gasteiger partial charge in [0.05, 0.1) is 5.75 Å². The Kier molecular flexibility index (Phi) is 5.96. The molecule has 0 aliphatic carbocycles. The molecule has 0 aliphatic rings. The molecule has 1 heterocycles. The highest BCUT2D eigenvalue weighted by molar-refractivity contribution is 7.99. The fourth-order valence-corrected chi connectivity index (χ4v) is 3.48. The molecule has 0 aliphatic heterocycles. The maximum absolute atomic E-state index is 12.2. The van der Waals surface area contributed by atoms with Crippen molar-refractivity contribution < 1.29 is 4.79 Å². The Hall–Kier alpha value is -2.31. The van der Waals surface area contributed by atoms with Crippen molar-refractivity contribution in [2.45, 2.75) is 25.5 Å². The van der Waals surface area contributed by atoms with Crippen LogP contribution in [0, 0.1) is 6.92 Å². The van der Waals surface area contributed by atoms with E-state index in [-0.39, 0.29) is 11.7 Å². The standard InChI is InChI=1S/C19H19ClN4OS/c1-3-24-18(14-9-7-13(2)8-10-14)22-23-19(24)26-12-17(25)21-16-6-4-5-15(20)11-16/h4-11H,3,12H2,1-2H3,(H,21,25). The molecule has 0 saturated carbocycles. The number of aryl methyl sites for hydroxylation is 1. The molecule has 2 aromatic carbocycles. The summed E-state index contributed by atoms with van der Waals surface area (Å²) in [5.41, 5.74) is 2.89. The van der Waals surface area contributed by atoms with Crippen LogP contribution in [0.2, 0.25) is 5.02 Å². The zero-order chi connectivity index (χ0) is 18.5. The summed E-state index contributed by atoms with van der Waals surface area (Å²) in [7, 11) is 0. The van der Waals surface area contributed by atoms with Crippen LogP contribution in [0.4, 0.5) is 5.69 Å². The molecule has 26 heavy (non-hydrogen) atoms. The smallest absolute Gasteiger partial charge is 0.234 e. The van der Waals surface area contributed by atoms with E-state index in [9.17, 15) is 4.79 Å². The average Bonchev–Trinajstić information content (AvgIpc) is 3.03. The van der Waals surface area contributed by atoms with Crippen LogP contribution in [0.3, 0.4) is 0 Å². The van der Waals surface area contributed by atoms with Crippen LogP contribution in [-0.2, 0) is 11.3 Å². The molecule has 1 N–H and O–H groups in total. The average molecular weight is 387 g/mol. The van der Waals surface area contributed by atoms with Crippen LogP contribution < -0.4 is 5.32 Å². The number of thioether (sulfide) groups is 1. The maximum Gasteiger partial charge on any atom is 0.234 e. The highest BCUT2D eigenvalue weighted by atomic mass is 35.5. The number of nitrogens with one attached hydrogen (secondary N) is 1. The highest BCUT2D eigenvalue weighted by Crippen LogP contribution is 2.24. The van der Waals surface area contributed by atoms with Gasteiger partial charge in [-0.05, 0) is 32.0 Å². The summed E-state index contributed by atoms with van der Waals surface area (Å²) < 4.78 is 2.02. The van der Waals surface area contributed by atoms with Gasteiger partial charge in [0, 0.05) is 22.8 Å². The molecule has 0 unspecified atom stereocenters. The van der Waals surface area contributed by atoms with Crippen LogP contribution in [0.15, 0.2) is 53.7 Å². The van der Waals surface area contributed by atoms with Gasteiger partial charge in [-0.1, -0.05) is 59.3 Å². The second kappa shape index (κ2) is 8.38. The van der Waals surface area contributed by atoms with E-state index in [1.165, 1.54) is 17.3 Å². The molecule has 0 spiro atoms. The number of carbonyl (C=O) groups is 1. The summed E-state index contributed by atoms with van der Waals surface area (Å²) in [5.74, 6) is 0.948. The molecule has 5 nitrogen and oxygen atoms in total. The second-order valence-electron chi connectivity index (χ2n) is 5.76. The summed E-state index contributed by atoms with van der Waals surface area (Å²) in [6.45, 7) is 4.82. The van der Waals surface area contributed by atoms with Crippen molar-refractivity contribution in [1.29, 1.82) is 0 Å². The van der Waals surface area contributed by atoms with Gasteiger partial charge in [0.2, 0.25) is 5.91 Å². The molecular weight excluding hydrogens is 368 g/mol. The first kappa shape index (κ1) is 18.5. The van der Waals surface area contributed by atoms with Crippen LogP contribution in [0.25, 0.3) is 11.4 Å². The van der Waals surface area contributed by atoms with E-state index in [2.05, 4.69) is 27.6 Å². The van der Waals surface area contributed by atoms with Gasteiger partial charge in [-0.2, -0.15) is 0 Å². The molecule has 3 rings (SSSR count). The van der Waals surface area contributed by atoms with Crippen molar-refractivity contribution >= 4 is 35.0 Å². The monoisotopic (exact) mass is 386 g/mol. The number of carbonyl (C=O) groups excluding carboxylic acids is 1. The lowest BCUT2D eigenvalue weighted by Gasteiger charge is -2.08. The fourth-order valence-electron chi connectivity index (χ4n) is 2.49. The zero-order valence-electron chi connectivity index (χ0n) is 14.6. The lowest BCUT2D eigenvalue weighted by molar-refractivity contribution is -0.113. The van der Waals surface area contributed by atoms with Crippen LogP contribution in [-0.4, -0.2) is 26.4 Å². The number of hydrogen-bond donors (Lipinski definition) is 1. The maximum atomic E-state index is 12.2. The van der Waals surface area contributed by atoms with Crippen molar-refractivity contribution in [3.8, 4) is 11.4 Å². The van der Waals surface area contributed by atoms with Crippen molar-refractivity contribution in [3.63, 3.8) is 0 Å². The number of amides is 1. The van der Waals surface area contributed by atoms with Gasteiger partial charge in [-0.15, -0.1) is 10.2 Å². The third kappa shape index (κ3) is 4.45. The molecule has 0 atom stereocenters. The minimum Gasteiger partial charge on any atom is -0.325 e. The molecular formula is C19H19ClN4OS. The normalized spacial score (nSPS) is 10.7. The van der Waals surface area contributed by atoms with E-state index < -0.39 is 0 Å². The van der Waals surface area contributed by atoms with E-state index >= 15 is 0 Å². The van der Waals surface area contributed by atoms with Crippen LogP contribution in [0.5, 0.6) is 0 Å². The lowest BCUT2D eigenvalue weighted by Crippen LogP contribution is -2.14. The van der Waals surface area contributed by atoms with Gasteiger partial charge in [-0.3, -0.25) is 4.79 Å². The topological polar surface area (TPSA) is 59.8 Å². The number of benzene rings is 2. The number of aromatic nitrogens is 3. The molecule has 134 valence electrons. The number of rotatable bonds is 6. The number of hydrogen-bond acceptors (Lipinski definition) is 4. The second-order valence-corrected chi connectivity index (χ2v) is 7.14. The van der Waals surface area contributed by atoms with E-state index in [0.717, 1.165) is 23.1 Å². The van der Waals surface area contributed by atoms with Crippen molar-refractivity contribution in [2.24, 2.45) is 0 Å². The largest absolute Gasteiger partial charge is 0.325 e. The van der Waals surface area contributed by atoms with Gasteiger partial charge in [0.15, 0.2) is 11.0 Å². The molecule has 0 bridgehead atoms. The van der Waals surface area contributed by atoms with Gasteiger partial charge in [-0.25, -0.2) is 0 Å². The van der Waals surface area contributed by atoms with Gasteiger partial charge in [0.1, 0.15) is 0 Å². The number of nitrogens with zero attached hydrogens (tertiary/aromatic N) is 3. The van der Waals surface area contributed by atoms with Crippen molar-refractivity contribution in [1.82, 2.24) is 14.8 Å². The first-order chi connectivity index (χ1) is 12.6. The predicted octanol–water partition coefficient (Wildman–Crippen LogP) is 4.66. The Balaban J connectivity index is 1.68. The van der Waals surface area contributed by atoms with Crippen LogP contribution in [0.1, 0.15) is 12.5 Å². The van der Waals surface area contributed by atoms with Gasteiger partial charge in [0.25, 0.3) is 0 Å². The zero-order valence-corrected chi connectivity index (χ0v) is 16.1. The van der Waals surface area contributed by atoms with Gasteiger partial charge >= 0.3 is 0 Å². The Labute approximate surface area is 161 Å². The Morgan fingerprint density at radius 2 is 1.96 bits per heavy atom. The summed E-state index contributed by atoms with van der Waals surface area (Å²) in [4.78, 5) is 12.2. The molecule has 1 amide bonds. The van der Waals surface area contributed by atoms with E-state index in [1.54, 1.807) is 24.3 Å². The van der Waals surface area contributed by atoms with E-state index in [4.69, 9.17) is 11.6 Å². The molecule has 0 saturated heterocycles. The summed E-state index contributed by atoms with van der Waals surface area (Å²) in [5, 5.41) is 12.7. The Morgan fingerprint density at radius 1 is 1.19 bits per heavy atom. The van der Waals surface area contributed by atoms with Gasteiger partial charge < -0.3 is 9.88 Å². The summed E-state index contributed by atoms with van der Waals surface area (Å²) in [6, 6.07) is 15.3.